The normalized spacial score (nSPS) is 13.6. The van der Waals surface area contributed by atoms with Gasteiger partial charge in [0.05, 0.1) is 38.4 Å². The summed E-state index contributed by atoms with van der Waals surface area (Å²) in [5, 5.41) is 4.73. The van der Waals surface area contributed by atoms with E-state index in [1.807, 2.05) is 46.1 Å². The van der Waals surface area contributed by atoms with Gasteiger partial charge in [-0.15, -0.1) is 0 Å². The highest BCUT2D eigenvalue weighted by Crippen LogP contribution is 2.25. The minimum absolute atomic E-state index is 0.123. The van der Waals surface area contributed by atoms with Crippen LogP contribution in [0.25, 0.3) is 22.4 Å². The van der Waals surface area contributed by atoms with E-state index in [9.17, 15) is 9.59 Å². The van der Waals surface area contributed by atoms with Crippen molar-refractivity contribution in [1.82, 2.24) is 34.2 Å². The summed E-state index contributed by atoms with van der Waals surface area (Å²) in [6, 6.07) is 10.2. The fourth-order valence-corrected chi connectivity index (χ4v) is 4.82. The molecule has 206 valence electrons. The molecule has 5 rings (SSSR count). The van der Waals surface area contributed by atoms with Crippen LogP contribution in [0.2, 0.25) is 0 Å². The van der Waals surface area contributed by atoms with Crippen molar-refractivity contribution in [3.05, 3.63) is 58.4 Å². The van der Waals surface area contributed by atoms with E-state index in [4.69, 9.17) is 21.3 Å². The van der Waals surface area contributed by atoms with Gasteiger partial charge in [-0.25, -0.2) is 14.8 Å². The van der Waals surface area contributed by atoms with Gasteiger partial charge in [0, 0.05) is 30.9 Å². The molecule has 0 spiro atoms. The van der Waals surface area contributed by atoms with Crippen molar-refractivity contribution < 1.29 is 9.53 Å². The van der Waals surface area contributed by atoms with Crippen molar-refractivity contribution in [3.8, 4) is 11.3 Å². The zero-order valence-corrected chi connectivity index (χ0v) is 22.2. The second-order valence-corrected chi connectivity index (χ2v) is 9.85. The van der Waals surface area contributed by atoms with Crippen molar-refractivity contribution in [2.75, 3.05) is 32.0 Å². The molecule has 1 aliphatic carbocycles. The maximum absolute atomic E-state index is 12.8. The van der Waals surface area contributed by atoms with Crippen LogP contribution in [-0.2, 0) is 22.6 Å². The number of fused-ring (bicyclic) bond motifs is 1. The topological polar surface area (TPSA) is 163 Å². The summed E-state index contributed by atoms with van der Waals surface area (Å²) in [4.78, 5) is 38.6. The standard InChI is InChI=1S/C27H35N9O3/c1-18-30-25(29)24-26(31-18)36(27(38)32-24)17-19-5-7-20(8-6-19)22-9-12-34(33-22)13-14-35(21-3-2-4-21)23(37)10-15-39-16-11-28/h5-9,12,21H,2-4,10-11,13-17,28H2,1H3,(H,32,38)(H2,29,30,31). The summed E-state index contributed by atoms with van der Waals surface area (Å²) in [5.74, 6) is 0.893. The molecule has 3 heterocycles. The van der Waals surface area contributed by atoms with Crippen molar-refractivity contribution in [1.29, 1.82) is 0 Å². The first kappa shape index (κ1) is 26.6. The number of carbonyl (C=O) groups excluding carboxylic acids is 1. The van der Waals surface area contributed by atoms with Gasteiger partial charge in [-0.2, -0.15) is 5.10 Å². The molecule has 12 nitrogen and oxygen atoms in total. The van der Waals surface area contributed by atoms with Gasteiger partial charge in [0.1, 0.15) is 11.3 Å². The molecular formula is C27H35N9O3. The first-order valence-corrected chi connectivity index (χ1v) is 13.4. The number of ether oxygens (including phenoxy) is 1. The highest BCUT2D eigenvalue weighted by molar-refractivity contribution is 5.81. The van der Waals surface area contributed by atoms with E-state index in [1.165, 1.54) is 0 Å². The Labute approximate surface area is 226 Å². The van der Waals surface area contributed by atoms with Gasteiger partial charge >= 0.3 is 5.69 Å². The zero-order chi connectivity index (χ0) is 27.4. The molecule has 1 aliphatic rings. The number of nitrogens with one attached hydrogen (secondary N) is 1. The number of H-pyrrole nitrogens is 1. The lowest BCUT2D eigenvalue weighted by atomic mass is 9.91. The molecule has 0 unspecified atom stereocenters. The molecule has 1 saturated carbocycles. The van der Waals surface area contributed by atoms with E-state index in [1.54, 1.807) is 11.5 Å². The molecule has 0 saturated heterocycles. The second-order valence-electron chi connectivity index (χ2n) is 9.85. The lowest BCUT2D eigenvalue weighted by molar-refractivity contribution is -0.136. The number of nitrogens with zero attached hydrogens (tertiary/aromatic N) is 6. The third-order valence-electron chi connectivity index (χ3n) is 7.12. The van der Waals surface area contributed by atoms with Gasteiger partial charge in [0.2, 0.25) is 5.91 Å². The number of aromatic nitrogens is 6. The fourth-order valence-electron chi connectivity index (χ4n) is 4.82. The van der Waals surface area contributed by atoms with Gasteiger partial charge in [0.15, 0.2) is 11.5 Å². The first-order valence-electron chi connectivity index (χ1n) is 13.4. The molecular weight excluding hydrogens is 498 g/mol. The number of nitrogens with two attached hydrogens (primary N) is 2. The van der Waals surface area contributed by atoms with E-state index in [0.29, 0.717) is 68.8 Å². The summed E-state index contributed by atoms with van der Waals surface area (Å²) in [7, 11) is 0. The average Bonchev–Trinajstić information content (AvgIpc) is 3.48. The molecule has 3 aromatic heterocycles. The third kappa shape index (κ3) is 6.02. The Hall–Kier alpha value is -4.03. The number of hydrogen-bond acceptors (Lipinski definition) is 8. The molecule has 1 amide bonds. The van der Waals surface area contributed by atoms with Crippen LogP contribution in [0, 0.1) is 6.92 Å². The Morgan fingerprint density at radius 3 is 2.69 bits per heavy atom. The van der Waals surface area contributed by atoms with Gasteiger partial charge in [-0.3, -0.25) is 14.0 Å². The summed E-state index contributed by atoms with van der Waals surface area (Å²) >= 11 is 0. The molecule has 1 fully saturated rings. The van der Waals surface area contributed by atoms with Crippen LogP contribution in [0.4, 0.5) is 5.82 Å². The number of benzene rings is 1. The maximum Gasteiger partial charge on any atom is 0.328 e. The third-order valence-corrected chi connectivity index (χ3v) is 7.12. The number of nitrogen functional groups attached to an aromatic ring is 1. The molecule has 4 aromatic rings. The van der Waals surface area contributed by atoms with Crippen LogP contribution in [0.5, 0.6) is 0 Å². The largest absolute Gasteiger partial charge is 0.382 e. The fraction of sp³-hybridized carbons (Fsp3) is 0.444. The molecule has 0 bridgehead atoms. The van der Waals surface area contributed by atoms with Crippen LogP contribution in [0.15, 0.2) is 41.3 Å². The number of amides is 1. The average molecular weight is 534 g/mol. The maximum atomic E-state index is 12.8. The second kappa shape index (κ2) is 11.8. The van der Waals surface area contributed by atoms with Gasteiger partial charge in [-0.05, 0) is 37.8 Å². The van der Waals surface area contributed by atoms with Crippen LogP contribution in [-0.4, -0.2) is 72.5 Å². The van der Waals surface area contributed by atoms with Crippen molar-refractivity contribution in [2.45, 2.75) is 51.7 Å². The molecule has 5 N–H and O–H groups in total. The minimum Gasteiger partial charge on any atom is -0.382 e. The van der Waals surface area contributed by atoms with E-state index in [-0.39, 0.29) is 17.4 Å². The number of rotatable bonds is 12. The highest BCUT2D eigenvalue weighted by atomic mass is 16.5. The van der Waals surface area contributed by atoms with Crippen LogP contribution in [0.1, 0.15) is 37.1 Å². The van der Waals surface area contributed by atoms with Gasteiger partial charge in [0.25, 0.3) is 0 Å². The summed E-state index contributed by atoms with van der Waals surface area (Å²) < 4.78 is 8.84. The molecule has 0 radical (unpaired) electrons. The number of imidazole rings is 1. The van der Waals surface area contributed by atoms with Crippen LogP contribution < -0.4 is 17.2 Å². The molecule has 1 aromatic carbocycles. The Bertz CT molecular complexity index is 1480. The van der Waals surface area contributed by atoms with Gasteiger partial charge in [-0.1, -0.05) is 24.3 Å². The summed E-state index contributed by atoms with van der Waals surface area (Å²) in [6.45, 7) is 4.67. The number of aryl methyl sites for hydroxylation is 1. The van der Waals surface area contributed by atoms with Crippen molar-refractivity contribution in [3.63, 3.8) is 0 Å². The predicted octanol–water partition coefficient (Wildman–Crippen LogP) is 1.67. The van der Waals surface area contributed by atoms with Crippen LogP contribution >= 0.6 is 0 Å². The first-order chi connectivity index (χ1) is 18.9. The lowest BCUT2D eigenvalue weighted by Crippen LogP contribution is -2.46. The Kier molecular flexibility index (Phi) is 8.03. The number of anilines is 1. The number of aromatic amines is 1. The predicted molar refractivity (Wildman–Crippen MR) is 148 cm³/mol. The minimum atomic E-state index is -0.281. The Morgan fingerprint density at radius 1 is 1.18 bits per heavy atom. The van der Waals surface area contributed by atoms with E-state index in [2.05, 4.69) is 15.0 Å². The highest BCUT2D eigenvalue weighted by Gasteiger charge is 2.28. The van der Waals surface area contributed by atoms with E-state index < -0.39 is 0 Å². The number of carbonyl (C=O) groups is 1. The van der Waals surface area contributed by atoms with Crippen LogP contribution in [0.3, 0.4) is 0 Å². The quantitative estimate of drug-likeness (QED) is 0.232. The van der Waals surface area contributed by atoms with Crippen molar-refractivity contribution >= 4 is 22.9 Å². The summed E-state index contributed by atoms with van der Waals surface area (Å²) in [6.07, 6.45) is 5.58. The lowest BCUT2D eigenvalue weighted by Gasteiger charge is -2.37. The SMILES string of the molecule is Cc1nc(N)c2[nH]c(=O)n(Cc3ccc(-c4ccn(CCN(C(=O)CCOCCN)C5CCC5)n4)cc3)c2n1. The Morgan fingerprint density at radius 2 is 1.97 bits per heavy atom. The van der Waals surface area contributed by atoms with Gasteiger partial charge < -0.3 is 26.1 Å². The Balaban J connectivity index is 1.22. The molecule has 39 heavy (non-hydrogen) atoms. The monoisotopic (exact) mass is 533 g/mol. The van der Waals surface area contributed by atoms with E-state index >= 15 is 0 Å². The van der Waals surface area contributed by atoms with Crippen molar-refractivity contribution in [2.24, 2.45) is 5.73 Å². The number of hydrogen-bond donors (Lipinski definition) is 3. The molecule has 0 atom stereocenters. The smallest absolute Gasteiger partial charge is 0.328 e. The zero-order valence-electron chi connectivity index (χ0n) is 22.2. The molecule has 0 aliphatic heterocycles. The summed E-state index contributed by atoms with van der Waals surface area (Å²) in [5.41, 5.74) is 14.8. The molecule has 12 heteroatoms. The van der Waals surface area contributed by atoms with E-state index in [0.717, 1.165) is 36.1 Å².